The van der Waals surface area contributed by atoms with Gasteiger partial charge in [0.25, 0.3) is 0 Å². The zero-order valence-corrected chi connectivity index (χ0v) is 9.76. The van der Waals surface area contributed by atoms with Crippen molar-refractivity contribution in [3.8, 4) is 12.3 Å². The van der Waals surface area contributed by atoms with Gasteiger partial charge in [-0.25, -0.2) is 0 Å². The van der Waals surface area contributed by atoms with Crippen molar-refractivity contribution < 1.29 is 4.79 Å². The van der Waals surface area contributed by atoms with Crippen molar-refractivity contribution in [2.45, 2.75) is 6.42 Å². The van der Waals surface area contributed by atoms with E-state index in [0.717, 1.165) is 16.8 Å². The summed E-state index contributed by atoms with van der Waals surface area (Å²) in [4.78, 5) is 15.7. The van der Waals surface area contributed by atoms with Crippen molar-refractivity contribution in [1.29, 1.82) is 0 Å². The maximum absolute atomic E-state index is 11.8. The maximum atomic E-state index is 11.8. The highest BCUT2D eigenvalue weighted by Gasteiger charge is 2.06. The van der Waals surface area contributed by atoms with Crippen LogP contribution in [0.1, 0.15) is 11.1 Å². The topological polar surface area (TPSA) is 42.0 Å². The Labute approximate surface area is 106 Å². The zero-order chi connectivity index (χ0) is 12.8. The molecule has 1 amide bonds. The second-order valence-electron chi connectivity index (χ2n) is 3.76. The van der Waals surface area contributed by atoms with Gasteiger partial charge in [0.1, 0.15) is 0 Å². The normalized spacial score (nSPS) is 9.50. The third kappa shape index (κ3) is 2.96. The SMILES string of the molecule is C#Cc1ccccc1CC(=O)Nc1ccncc1. The van der Waals surface area contributed by atoms with Crippen LogP contribution in [-0.2, 0) is 11.2 Å². The van der Waals surface area contributed by atoms with Crippen molar-refractivity contribution in [2.75, 3.05) is 5.32 Å². The molecule has 0 saturated heterocycles. The summed E-state index contributed by atoms with van der Waals surface area (Å²) in [6, 6.07) is 10.9. The Kier molecular flexibility index (Phi) is 3.72. The van der Waals surface area contributed by atoms with Gasteiger partial charge in [0, 0.05) is 23.6 Å². The molecule has 1 N–H and O–H groups in total. The molecule has 0 aliphatic carbocycles. The highest BCUT2D eigenvalue weighted by atomic mass is 16.1. The first kappa shape index (κ1) is 11.9. The first-order valence-electron chi connectivity index (χ1n) is 5.54. The number of carbonyl (C=O) groups is 1. The van der Waals surface area contributed by atoms with Crippen molar-refractivity contribution in [2.24, 2.45) is 0 Å². The molecule has 1 aromatic carbocycles. The van der Waals surface area contributed by atoms with Crippen LogP contribution in [0, 0.1) is 12.3 Å². The lowest BCUT2D eigenvalue weighted by atomic mass is 10.0. The van der Waals surface area contributed by atoms with E-state index < -0.39 is 0 Å². The van der Waals surface area contributed by atoms with E-state index in [2.05, 4.69) is 16.2 Å². The number of terminal acetylenes is 1. The molecule has 3 nitrogen and oxygen atoms in total. The van der Waals surface area contributed by atoms with Gasteiger partial charge in [-0.15, -0.1) is 6.42 Å². The van der Waals surface area contributed by atoms with E-state index in [1.54, 1.807) is 24.5 Å². The lowest BCUT2D eigenvalue weighted by Crippen LogP contribution is -2.15. The molecule has 0 spiro atoms. The molecule has 18 heavy (non-hydrogen) atoms. The number of amides is 1. The molecule has 0 atom stereocenters. The number of rotatable bonds is 3. The Balaban J connectivity index is 2.06. The third-order valence-electron chi connectivity index (χ3n) is 2.49. The molecule has 0 unspecified atom stereocenters. The molecule has 0 bridgehead atoms. The summed E-state index contributed by atoms with van der Waals surface area (Å²) in [6.07, 6.45) is 8.92. The zero-order valence-electron chi connectivity index (χ0n) is 9.76. The summed E-state index contributed by atoms with van der Waals surface area (Å²) in [5, 5.41) is 2.79. The van der Waals surface area contributed by atoms with Crippen LogP contribution in [0.15, 0.2) is 48.8 Å². The minimum atomic E-state index is -0.0936. The van der Waals surface area contributed by atoms with Crippen LogP contribution >= 0.6 is 0 Å². The highest BCUT2D eigenvalue weighted by Crippen LogP contribution is 2.10. The Morgan fingerprint density at radius 1 is 1.22 bits per heavy atom. The minimum absolute atomic E-state index is 0.0936. The second-order valence-corrected chi connectivity index (χ2v) is 3.76. The van der Waals surface area contributed by atoms with E-state index in [9.17, 15) is 4.79 Å². The number of anilines is 1. The predicted molar refractivity (Wildman–Crippen MR) is 70.9 cm³/mol. The van der Waals surface area contributed by atoms with Crippen LogP contribution < -0.4 is 5.32 Å². The standard InChI is InChI=1S/C15H12N2O/c1-2-12-5-3-4-6-13(12)11-15(18)17-14-7-9-16-10-8-14/h1,3-10H,11H2,(H,16,17,18). The van der Waals surface area contributed by atoms with Gasteiger partial charge in [-0.05, 0) is 23.8 Å². The fraction of sp³-hybridized carbons (Fsp3) is 0.0667. The van der Waals surface area contributed by atoms with E-state index in [-0.39, 0.29) is 12.3 Å². The van der Waals surface area contributed by atoms with Gasteiger partial charge in [0.2, 0.25) is 5.91 Å². The fourth-order valence-electron chi connectivity index (χ4n) is 1.63. The Hall–Kier alpha value is -2.60. The molecule has 0 fully saturated rings. The maximum Gasteiger partial charge on any atom is 0.228 e. The van der Waals surface area contributed by atoms with E-state index in [0.29, 0.717) is 0 Å². The number of pyridine rings is 1. The number of carbonyl (C=O) groups excluding carboxylic acids is 1. The van der Waals surface area contributed by atoms with E-state index in [4.69, 9.17) is 6.42 Å². The summed E-state index contributed by atoms with van der Waals surface area (Å²) in [7, 11) is 0. The van der Waals surface area contributed by atoms with Gasteiger partial charge in [0.15, 0.2) is 0 Å². The number of nitrogens with one attached hydrogen (secondary N) is 1. The quantitative estimate of drug-likeness (QED) is 0.830. The summed E-state index contributed by atoms with van der Waals surface area (Å²) in [6.45, 7) is 0. The molecule has 0 saturated carbocycles. The van der Waals surface area contributed by atoms with Crippen molar-refractivity contribution in [3.05, 3.63) is 59.9 Å². The number of hydrogen-bond donors (Lipinski definition) is 1. The number of aromatic nitrogens is 1. The molecule has 3 heteroatoms. The molecule has 88 valence electrons. The third-order valence-corrected chi connectivity index (χ3v) is 2.49. The van der Waals surface area contributed by atoms with Crippen molar-refractivity contribution >= 4 is 11.6 Å². The smallest absolute Gasteiger partial charge is 0.228 e. The molecule has 1 aromatic heterocycles. The molecule has 0 aliphatic rings. The van der Waals surface area contributed by atoms with Gasteiger partial charge in [-0.2, -0.15) is 0 Å². The lowest BCUT2D eigenvalue weighted by molar-refractivity contribution is -0.115. The molecule has 2 aromatic rings. The summed E-state index contributed by atoms with van der Waals surface area (Å²) >= 11 is 0. The predicted octanol–water partition coefficient (Wildman–Crippen LogP) is 2.24. The van der Waals surface area contributed by atoms with Crippen LogP contribution in [-0.4, -0.2) is 10.9 Å². The highest BCUT2D eigenvalue weighted by molar-refractivity contribution is 5.92. The molecular formula is C15H12N2O. The Morgan fingerprint density at radius 2 is 1.94 bits per heavy atom. The van der Waals surface area contributed by atoms with Crippen LogP contribution in [0.2, 0.25) is 0 Å². The van der Waals surface area contributed by atoms with Gasteiger partial charge in [-0.3, -0.25) is 9.78 Å². The lowest BCUT2D eigenvalue weighted by Gasteiger charge is -2.06. The average Bonchev–Trinajstić information content (AvgIpc) is 2.40. The molecule has 0 aliphatic heterocycles. The fourth-order valence-corrected chi connectivity index (χ4v) is 1.63. The van der Waals surface area contributed by atoms with Crippen LogP contribution in [0.3, 0.4) is 0 Å². The summed E-state index contributed by atoms with van der Waals surface area (Å²) < 4.78 is 0. The molecule has 1 heterocycles. The van der Waals surface area contributed by atoms with Crippen LogP contribution in [0.25, 0.3) is 0 Å². The van der Waals surface area contributed by atoms with Crippen molar-refractivity contribution in [3.63, 3.8) is 0 Å². The number of benzene rings is 1. The summed E-state index contributed by atoms with van der Waals surface area (Å²) in [5.74, 6) is 2.48. The van der Waals surface area contributed by atoms with Crippen LogP contribution in [0.5, 0.6) is 0 Å². The first-order chi connectivity index (χ1) is 8.79. The first-order valence-corrected chi connectivity index (χ1v) is 5.54. The van der Waals surface area contributed by atoms with Gasteiger partial charge in [-0.1, -0.05) is 24.1 Å². The van der Waals surface area contributed by atoms with E-state index in [1.165, 1.54) is 0 Å². The average molecular weight is 236 g/mol. The monoisotopic (exact) mass is 236 g/mol. The number of nitrogens with zero attached hydrogens (tertiary/aromatic N) is 1. The number of hydrogen-bond acceptors (Lipinski definition) is 2. The van der Waals surface area contributed by atoms with Crippen LogP contribution in [0.4, 0.5) is 5.69 Å². The van der Waals surface area contributed by atoms with Gasteiger partial charge >= 0.3 is 0 Å². The van der Waals surface area contributed by atoms with E-state index in [1.807, 2.05) is 24.3 Å². The molecule has 2 rings (SSSR count). The second kappa shape index (κ2) is 5.65. The Morgan fingerprint density at radius 3 is 2.67 bits per heavy atom. The minimum Gasteiger partial charge on any atom is -0.326 e. The van der Waals surface area contributed by atoms with E-state index >= 15 is 0 Å². The Bertz CT molecular complexity index is 585. The van der Waals surface area contributed by atoms with Crippen molar-refractivity contribution in [1.82, 2.24) is 4.98 Å². The van der Waals surface area contributed by atoms with Gasteiger partial charge in [0.05, 0.1) is 6.42 Å². The summed E-state index contributed by atoms with van der Waals surface area (Å²) in [5.41, 5.74) is 2.34. The largest absolute Gasteiger partial charge is 0.326 e. The molecule has 0 radical (unpaired) electrons. The molecular weight excluding hydrogens is 224 g/mol. The van der Waals surface area contributed by atoms with Gasteiger partial charge < -0.3 is 5.32 Å².